The third kappa shape index (κ3) is 3.68. The van der Waals surface area contributed by atoms with Crippen LogP contribution in [0.4, 0.5) is 10.3 Å². The molecule has 0 bridgehead atoms. The van der Waals surface area contributed by atoms with Crippen molar-refractivity contribution in [3.8, 4) is 0 Å². The highest BCUT2D eigenvalue weighted by atomic mass is 19.1. The van der Waals surface area contributed by atoms with E-state index < -0.39 is 0 Å². The Balaban J connectivity index is 1.66. The summed E-state index contributed by atoms with van der Waals surface area (Å²) in [7, 11) is 3.74. The Bertz CT molecular complexity index is 674. The van der Waals surface area contributed by atoms with Gasteiger partial charge >= 0.3 is 0 Å². The minimum atomic E-state index is -0.191. The van der Waals surface area contributed by atoms with Crippen LogP contribution in [0.3, 0.4) is 0 Å². The first-order valence-electron chi connectivity index (χ1n) is 7.63. The molecule has 1 aliphatic heterocycles. The third-order valence-electron chi connectivity index (χ3n) is 3.92. The Labute approximate surface area is 134 Å². The van der Waals surface area contributed by atoms with Crippen molar-refractivity contribution in [2.45, 2.75) is 19.6 Å². The van der Waals surface area contributed by atoms with E-state index in [0.29, 0.717) is 37.1 Å². The van der Waals surface area contributed by atoms with Gasteiger partial charge in [-0.25, -0.2) is 4.39 Å². The molecule has 6 nitrogen and oxygen atoms in total. The first-order valence-corrected chi connectivity index (χ1v) is 7.63. The summed E-state index contributed by atoms with van der Waals surface area (Å²) in [4.78, 5) is 8.35. The second kappa shape index (κ2) is 6.64. The van der Waals surface area contributed by atoms with E-state index in [9.17, 15) is 4.39 Å². The Morgan fingerprint density at radius 2 is 2.22 bits per heavy atom. The van der Waals surface area contributed by atoms with E-state index in [2.05, 4.69) is 15.0 Å². The number of morpholine rings is 1. The van der Waals surface area contributed by atoms with Gasteiger partial charge in [-0.3, -0.25) is 4.90 Å². The quantitative estimate of drug-likeness (QED) is 0.860. The highest BCUT2D eigenvalue weighted by Gasteiger charge is 2.24. The number of aromatic nitrogens is 2. The van der Waals surface area contributed by atoms with Gasteiger partial charge in [0.2, 0.25) is 5.89 Å². The lowest BCUT2D eigenvalue weighted by atomic mass is 10.0. The van der Waals surface area contributed by atoms with Crippen LogP contribution in [0, 0.1) is 12.7 Å². The van der Waals surface area contributed by atoms with Crippen molar-refractivity contribution < 1.29 is 13.7 Å². The molecule has 2 aromatic rings. The molecule has 23 heavy (non-hydrogen) atoms. The van der Waals surface area contributed by atoms with Gasteiger partial charge in [0.05, 0.1) is 19.3 Å². The van der Waals surface area contributed by atoms with Gasteiger partial charge in [-0.05, 0) is 29.3 Å². The standard InChI is InChI=1S/C16H21FN4O2/c1-11-8-12(4-5-13(11)17)14-9-21(6-7-22-14)10-15-18-16(19-23-15)20(2)3/h4-5,8,14H,6-7,9-10H2,1-3H3. The van der Waals surface area contributed by atoms with Crippen LogP contribution in [-0.4, -0.2) is 48.8 Å². The minimum Gasteiger partial charge on any atom is -0.371 e. The number of hydrogen-bond donors (Lipinski definition) is 0. The van der Waals surface area contributed by atoms with Crippen molar-refractivity contribution in [1.82, 2.24) is 15.0 Å². The molecule has 7 heteroatoms. The van der Waals surface area contributed by atoms with E-state index >= 15 is 0 Å². The minimum absolute atomic E-state index is 0.0701. The van der Waals surface area contributed by atoms with E-state index in [1.54, 1.807) is 17.9 Å². The molecule has 0 spiro atoms. The SMILES string of the molecule is Cc1cc(C2CN(Cc3nc(N(C)C)no3)CCO2)ccc1F. The largest absolute Gasteiger partial charge is 0.371 e. The van der Waals surface area contributed by atoms with Crippen molar-refractivity contribution in [3.05, 3.63) is 41.0 Å². The highest BCUT2D eigenvalue weighted by Crippen LogP contribution is 2.25. The summed E-state index contributed by atoms with van der Waals surface area (Å²) < 4.78 is 24.5. The lowest BCUT2D eigenvalue weighted by Gasteiger charge is -2.32. The molecule has 0 aliphatic carbocycles. The molecule has 1 aliphatic rings. The first-order chi connectivity index (χ1) is 11.0. The zero-order valence-electron chi connectivity index (χ0n) is 13.6. The Hall–Kier alpha value is -1.99. The van der Waals surface area contributed by atoms with Crippen LogP contribution in [0.2, 0.25) is 0 Å². The van der Waals surface area contributed by atoms with E-state index in [4.69, 9.17) is 9.26 Å². The number of hydrogen-bond acceptors (Lipinski definition) is 6. The van der Waals surface area contributed by atoms with Gasteiger partial charge in [0.15, 0.2) is 0 Å². The van der Waals surface area contributed by atoms with Gasteiger partial charge in [0.25, 0.3) is 5.95 Å². The Morgan fingerprint density at radius 1 is 1.39 bits per heavy atom. The average molecular weight is 320 g/mol. The molecule has 1 aromatic heterocycles. The van der Waals surface area contributed by atoms with E-state index in [1.165, 1.54) is 6.07 Å². The van der Waals surface area contributed by atoms with Crippen molar-refractivity contribution in [2.24, 2.45) is 0 Å². The summed E-state index contributed by atoms with van der Waals surface area (Å²) in [5.41, 5.74) is 1.63. The van der Waals surface area contributed by atoms with Gasteiger partial charge in [-0.15, -0.1) is 0 Å². The first kappa shape index (κ1) is 15.9. The van der Waals surface area contributed by atoms with Crippen LogP contribution < -0.4 is 4.90 Å². The number of ether oxygens (including phenoxy) is 1. The maximum absolute atomic E-state index is 13.4. The van der Waals surface area contributed by atoms with Crippen molar-refractivity contribution in [1.29, 1.82) is 0 Å². The third-order valence-corrected chi connectivity index (χ3v) is 3.92. The summed E-state index contributed by atoms with van der Waals surface area (Å²) >= 11 is 0. The smallest absolute Gasteiger partial charge is 0.265 e. The summed E-state index contributed by atoms with van der Waals surface area (Å²) in [6.07, 6.45) is -0.0701. The van der Waals surface area contributed by atoms with Crippen molar-refractivity contribution >= 4 is 5.95 Å². The Kier molecular flexibility index (Phi) is 4.58. The van der Waals surface area contributed by atoms with E-state index in [0.717, 1.165) is 12.1 Å². The molecule has 0 saturated carbocycles. The van der Waals surface area contributed by atoms with Gasteiger partial charge in [-0.2, -0.15) is 4.98 Å². The maximum Gasteiger partial charge on any atom is 0.265 e. The monoisotopic (exact) mass is 320 g/mol. The topological polar surface area (TPSA) is 54.6 Å². The number of benzene rings is 1. The molecule has 124 valence electrons. The number of anilines is 1. The molecule has 0 N–H and O–H groups in total. The fourth-order valence-electron chi connectivity index (χ4n) is 2.60. The summed E-state index contributed by atoms with van der Waals surface area (Å²) in [6.45, 7) is 4.48. The lowest BCUT2D eigenvalue weighted by Crippen LogP contribution is -2.37. The zero-order valence-corrected chi connectivity index (χ0v) is 13.6. The van der Waals surface area contributed by atoms with Crippen LogP contribution >= 0.6 is 0 Å². The Morgan fingerprint density at radius 3 is 2.91 bits per heavy atom. The average Bonchev–Trinajstić information content (AvgIpc) is 2.99. The van der Waals surface area contributed by atoms with Gasteiger partial charge in [-0.1, -0.05) is 12.1 Å². The predicted molar refractivity (Wildman–Crippen MR) is 83.7 cm³/mol. The van der Waals surface area contributed by atoms with E-state index in [1.807, 2.05) is 20.2 Å². The molecule has 2 heterocycles. The summed E-state index contributed by atoms with van der Waals surface area (Å²) in [6, 6.07) is 5.13. The van der Waals surface area contributed by atoms with Crippen LogP contribution in [0.5, 0.6) is 0 Å². The van der Waals surface area contributed by atoms with Crippen LogP contribution in [-0.2, 0) is 11.3 Å². The highest BCUT2D eigenvalue weighted by molar-refractivity contribution is 5.26. The maximum atomic E-state index is 13.4. The summed E-state index contributed by atoms with van der Waals surface area (Å²) in [5.74, 6) is 0.965. The second-order valence-electron chi connectivity index (χ2n) is 5.99. The molecular formula is C16H21FN4O2. The molecule has 1 saturated heterocycles. The van der Waals surface area contributed by atoms with Crippen LogP contribution in [0.25, 0.3) is 0 Å². The molecule has 1 atom stereocenters. The van der Waals surface area contributed by atoms with E-state index in [-0.39, 0.29) is 11.9 Å². The van der Waals surface area contributed by atoms with Crippen LogP contribution in [0.1, 0.15) is 23.1 Å². The number of nitrogens with zero attached hydrogens (tertiary/aromatic N) is 4. The van der Waals surface area contributed by atoms with Crippen molar-refractivity contribution in [3.63, 3.8) is 0 Å². The fourth-order valence-corrected chi connectivity index (χ4v) is 2.60. The fraction of sp³-hybridized carbons (Fsp3) is 0.500. The molecule has 1 aromatic carbocycles. The predicted octanol–water partition coefficient (Wildman–Crippen LogP) is 2.16. The molecule has 0 amide bonds. The molecule has 0 radical (unpaired) electrons. The molecule has 1 unspecified atom stereocenters. The van der Waals surface area contributed by atoms with Gasteiger partial charge in [0, 0.05) is 27.2 Å². The number of rotatable bonds is 4. The van der Waals surface area contributed by atoms with Crippen LogP contribution in [0.15, 0.2) is 22.7 Å². The lowest BCUT2D eigenvalue weighted by molar-refractivity contribution is -0.0356. The van der Waals surface area contributed by atoms with Gasteiger partial charge < -0.3 is 14.2 Å². The number of aryl methyl sites for hydroxylation is 1. The molecule has 3 rings (SSSR count). The van der Waals surface area contributed by atoms with Crippen molar-refractivity contribution in [2.75, 3.05) is 38.7 Å². The normalized spacial score (nSPS) is 19.0. The second-order valence-corrected chi connectivity index (χ2v) is 5.99. The van der Waals surface area contributed by atoms with Gasteiger partial charge in [0.1, 0.15) is 5.82 Å². The molecule has 1 fully saturated rings. The summed E-state index contributed by atoms with van der Waals surface area (Å²) in [5, 5.41) is 3.92. The number of halogens is 1. The molecular weight excluding hydrogens is 299 g/mol. The zero-order chi connectivity index (χ0) is 16.4.